The maximum atomic E-state index is 10.8. The van der Waals surface area contributed by atoms with Crippen molar-refractivity contribution >= 4 is 11.8 Å². The van der Waals surface area contributed by atoms with Crippen LogP contribution in [0.3, 0.4) is 0 Å². The first-order valence-corrected chi connectivity index (χ1v) is 2.93. The standard InChI is InChI=1S/C6H9NO2/c1-4-3-5(8)7(2)6(4)9/h4H,3H2,1-2H3. The predicted molar refractivity (Wildman–Crippen MR) is 31.6 cm³/mol. The highest BCUT2D eigenvalue weighted by molar-refractivity contribution is 6.02. The van der Waals surface area contributed by atoms with Gasteiger partial charge in [-0.15, -0.1) is 0 Å². The van der Waals surface area contributed by atoms with Crippen molar-refractivity contribution in [1.82, 2.24) is 4.90 Å². The van der Waals surface area contributed by atoms with Crippen LogP contribution in [0.25, 0.3) is 0 Å². The fraction of sp³-hybridized carbons (Fsp3) is 0.667. The molecule has 0 saturated carbocycles. The second-order valence-electron chi connectivity index (χ2n) is 2.40. The molecule has 0 aromatic rings. The van der Waals surface area contributed by atoms with Crippen molar-refractivity contribution in [3.63, 3.8) is 0 Å². The van der Waals surface area contributed by atoms with Gasteiger partial charge in [0.15, 0.2) is 0 Å². The summed E-state index contributed by atoms with van der Waals surface area (Å²) < 4.78 is 0. The quantitative estimate of drug-likeness (QED) is 0.430. The molecule has 0 aromatic carbocycles. The maximum Gasteiger partial charge on any atom is 0.232 e. The monoisotopic (exact) mass is 127 g/mol. The Hall–Kier alpha value is -0.860. The van der Waals surface area contributed by atoms with Crippen LogP contribution in [0.1, 0.15) is 13.3 Å². The lowest BCUT2D eigenvalue weighted by Gasteiger charge is -2.03. The molecule has 1 aliphatic heterocycles. The van der Waals surface area contributed by atoms with Crippen LogP contribution in [0.2, 0.25) is 0 Å². The summed E-state index contributed by atoms with van der Waals surface area (Å²) in [6.07, 6.45) is 0.384. The van der Waals surface area contributed by atoms with E-state index in [2.05, 4.69) is 0 Å². The van der Waals surface area contributed by atoms with Gasteiger partial charge in [0.25, 0.3) is 0 Å². The van der Waals surface area contributed by atoms with E-state index in [9.17, 15) is 9.59 Å². The van der Waals surface area contributed by atoms with Crippen LogP contribution in [-0.4, -0.2) is 23.8 Å². The van der Waals surface area contributed by atoms with Gasteiger partial charge in [0, 0.05) is 19.4 Å². The molecule has 1 saturated heterocycles. The molecule has 2 amide bonds. The Morgan fingerprint density at radius 1 is 1.56 bits per heavy atom. The zero-order valence-electron chi connectivity index (χ0n) is 5.55. The molecule has 1 fully saturated rings. The fourth-order valence-electron chi connectivity index (χ4n) is 0.940. The van der Waals surface area contributed by atoms with Gasteiger partial charge >= 0.3 is 0 Å². The van der Waals surface area contributed by atoms with Crippen LogP contribution in [0.4, 0.5) is 0 Å². The van der Waals surface area contributed by atoms with Gasteiger partial charge in [0.2, 0.25) is 11.8 Å². The Balaban J connectivity index is 2.77. The minimum atomic E-state index is -0.0949. The lowest BCUT2D eigenvalue weighted by atomic mass is 10.1. The van der Waals surface area contributed by atoms with Crippen molar-refractivity contribution in [2.24, 2.45) is 5.92 Å². The summed E-state index contributed by atoms with van der Waals surface area (Å²) in [6.45, 7) is 1.77. The Morgan fingerprint density at radius 3 is 2.22 bits per heavy atom. The number of imide groups is 1. The largest absolute Gasteiger partial charge is 0.286 e. The SMILES string of the molecule is CC1CC(=O)N(C)C1=O. The van der Waals surface area contributed by atoms with Crippen molar-refractivity contribution < 1.29 is 9.59 Å². The smallest absolute Gasteiger partial charge is 0.232 e. The van der Waals surface area contributed by atoms with Crippen LogP contribution in [0, 0.1) is 5.92 Å². The topological polar surface area (TPSA) is 37.4 Å². The third-order valence-electron chi connectivity index (χ3n) is 1.61. The minimum Gasteiger partial charge on any atom is -0.286 e. The van der Waals surface area contributed by atoms with Crippen LogP contribution >= 0.6 is 0 Å². The van der Waals surface area contributed by atoms with E-state index in [-0.39, 0.29) is 17.7 Å². The van der Waals surface area contributed by atoms with E-state index in [4.69, 9.17) is 0 Å². The molecule has 0 spiro atoms. The Morgan fingerprint density at radius 2 is 2.11 bits per heavy atom. The normalized spacial score (nSPS) is 27.8. The van der Waals surface area contributed by atoms with E-state index in [1.165, 1.54) is 11.9 Å². The van der Waals surface area contributed by atoms with Crippen LogP contribution in [-0.2, 0) is 9.59 Å². The summed E-state index contributed by atoms with van der Waals surface area (Å²) in [7, 11) is 1.52. The first kappa shape index (κ1) is 6.26. The molecule has 3 heteroatoms. The number of hydrogen-bond acceptors (Lipinski definition) is 2. The molecule has 0 bridgehead atoms. The molecule has 1 rings (SSSR count). The van der Waals surface area contributed by atoms with Crippen molar-refractivity contribution in [1.29, 1.82) is 0 Å². The number of nitrogens with zero attached hydrogens (tertiary/aromatic N) is 1. The second kappa shape index (κ2) is 1.83. The lowest BCUT2D eigenvalue weighted by molar-refractivity contribution is -0.137. The summed E-state index contributed by atoms with van der Waals surface area (Å²) in [6, 6.07) is 0. The molecule has 1 atom stereocenters. The average Bonchev–Trinajstić information content (AvgIpc) is 1.98. The van der Waals surface area contributed by atoms with E-state index in [0.717, 1.165) is 0 Å². The Kier molecular flexibility index (Phi) is 1.27. The molecule has 1 unspecified atom stereocenters. The molecule has 1 aliphatic rings. The van der Waals surface area contributed by atoms with E-state index in [0.29, 0.717) is 6.42 Å². The summed E-state index contributed by atoms with van der Waals surface area (Å²) in [5.74, 6) is -0.213. The van der Waals surface area contributed by atoms with Gasteiger partial charge in [-0.1, -0.05) is 6.92 Å². The van der Waals surface area contributed by atoms with E-state index in [1.54, 1.807) is 6.92 Å². The van der Waals surface area contributed by atoms with Gasteiger partial charge in [0.05, 0.1) is 0 Å². The van der Waals surface area contributed by atoms with Crippen molar-refractivity contribution in [3.8, 4) is 0 Å². The highest BCUT2D eigenvalue weighted by Crippen LogP contribution is 2.15. The molecule has 9 heavy (non-hydrogen) atoms. The van der Waals surface area contributed by atoms with Crippen molar-refractivity contribution in [2.75, 3.05) is 7.05 Å². The van der Waals surface area contributed by atoms with Gasteiger partial charge in [-0.05, 0) is 0 Å². The molecule has 50 valence electrons. The summed E-state index contributed by atoms with van der Waals surface area (Å²) >= 11 is 0. The average molecular weight is 127 g/mol. The zero-order valence-corrected chi connectivity index (χ0v) is 5.55. The summed E-state index contributed by atoms with van der Waals surface area (Å²) in [4.78, 5) is 22.7. The molecule has 3 nitrogen and oxygen atoms in total. The number of carbonyl (C=O) groups is 2. The maximum absolute atomic E-state index is 10.8. The third kappa shape index (κ3) is 0.823. The molecule has 0 aromatic heterocycles. The highest BCUT2D eigenvalue weighted by Gasteiger charge is 2.32. The van der Waals surface area contributed by atoms with Crippen LogP contribution in [0.15, 0.2) is 0 Å². The number of amides is 2. The number of hydrogen-bond donors (Lipinski definition) is 0. The molecular weight excluding hydrogens is 118 g/mol. The van der Waals surface area contributed by atoms with Crippen LogP contribution in [0.5, 0.6) is 0 Å². The molecule has 0 aliphatic carbocycles. The molecule has 1 heterocycles. The van der Waals surface area contributed by atoms with Gasteiger partial charge in [0.1, 0.15) is 0 Å². The number of rotatable bonds is 0. The number of likely N-dealkylation sites (tertiary alicyclic amines) is 1. The lowest BCUT2D eigenvalue weighted by Crippen LogP contribution is -2.24. The Labute approximate surface area is 53.6 Å². The fourth-order valence-corrected chi connectivity index (χ4v) is 0.940. The highest BCUT2D eigenvalue weighted by atomic mass is 16.2. The van der Waals surface area contributed by atoms with Crippen LogP contribution < -0.4 is 0 Å². The number of carbonyl (C=O) groups excluding carboxylic acids is 2. The third-order valence-corrected chi connectivity index (χ3v) is 1.61. The van der Waals surface area contributed by atoms with E-state index < -0.39 is 0 Å². The molecule has 0 N–H and O–H groups in total. The van der Waals surface area contributed by atoms with Gasteiger partial charge in [-0.3, -0.25) is 14.5 Å². The van der Waals surface area contributed by atoms with Gasteiger partial charge < -0.3 is 0 Å². The summed E-state index contributed by atoms with van der Waals surface area (Å²) in [5, 5.41) is 0. The first-order valence-electron chi connectivity index (χ1n) is 2.93. The summed E-state index contributed by atoms with van der Waals surface area (Å²) in [5.41, 5.74) is 0. The Bertz CT molecular complexity index is 164. The zero-order chi connectivity index (χ0) is 7.02. The molecule has 0 radical (unpaired) electrons. The van der Waals surface area contributed by atoms with Crippen molar-refractivity contribution in [3.05, 3.63) is 0 Å². The van der Waals surface area contributed by atoms with Gasteiger partial charge in [-0.2, -0.15) is 0 Å². The van der Waals surface area contributed by atoms with E-state index >= 15 is 0 Å². The van der Waals surface area contributed by atoms with Crippen molar-refractivity contribution in [2.45, 2.75) is 13.3 Å². The molecular formula is C6H9NO2. The van der Waals surface area contributed by atoms with E-state index in [1.807, 2.05) is 0 Å². The van der Waals surface area contributed by atoms with Gasteiger partial charge in [-0.25, -0.2) is 0 Å². The first-order chi connectivity index (χ1) is 4.13. The minimum absolute atomic E-state index is 0.0556. The predicted octanol–water partition coefficient (Wildman–Crippen LogP) is 0.0112. The second-order valence-corrected chi connectivity index (χ2v) is 2.40.